The summed E-state index contributed by atoms with van der Waals surface area (Å²) in [5.74, 6) is -1.06. The molecule has 0 aromatic carbocycles. The molecule has 0 aromatic rings. The van der Waals surface area contributed by atoms with Crippen molar-refractivity contribution in [2.75, 3.05) is 13.2 Å². The van der Waals surface area contributed by atoms with E-state index in [0.717, 1.165) is 0 Å². The van der Waals surface area contributed by atoms with Gasteiger partial charge < -0.3 is 14.9 Å². The highest BCUT2D eigenvalue weighted by Gasteiger charge is 2.05. The summed E-state index contributed by atoms with van der Waals surface area (Å²) in [4.78, 5) is 10.1. The molecular formula is C5H7NO4. The number of hydrogen-bond donors (Lipinski definition) is 2. The average molecular weight is 145 g/mol. The minimum absolute atomic E-state index is 0.344. The molecule has 56 valence electrons. The van der Waals surface area contributed by atoms with Gasteiger partial charge in [-0.15, -0.1) is 0 Å². The molecule has 1 atom stereocenters. The first-order chi connectivity index (χ1) is 4.70. The highest BCUT2D eigenvalue weighted by Crippen LogP contribution is 1.83. The Bertz CT molecular complexity index is 150. The smallest absolute Gasteiger partial charge is 0.411 e. The van der Waals surface area contributed by atoms with Gasteiger partial charge in [-0.2, -0.15) is 5.26 Å². The molecule has 0 saturated heterocycles. The number of carbonyl (C=O) groups is 1. The molecule has 10 heavy (non-hydrogen) atoms. The maximum atomic E-state index is 10.1. The first-order valence-electron chi connectivity index (χ1n) is 2.56. The molecule has 0 amide bonds. The van der Waals surface area contributed by atoms with Gasteiger partial charge in [0.05, 0.1) is 6.61 Å². The van der Waals surface area contributed by atoms with Crippen molar-refractivity contribution in [3.05, 3.63) is 0 Å². The van der Waals surface area contributed by atoms with Gasteiger partial charge in [0, 0.05) is 0 Å². The van der Waals surface area contributed by atoms with Crippen LogP contribution in [-0.2, 0) is 9.53 Å². The van der Waals surface area contributed by atoms with Crippen molar-refractivity contribution in [1.82, 2.24) is 0 Å². The molecular weight excluding hydrogens is 138 g/mol. The molecule has 0 aromatic heterocycles. The maximum Gasteiger partial charge on any atom is 0.411 e. The van der Waals surface area contributed by atoms with Crippen LogP contribution in [-0.4, -0.2) is 35.5 Å². The zero-order chi connectivity index (χ0) is 7.98. The van der Waals surface area contributed by atoms with E-state index < -0.39 is 18.7 Å². The van der Waals surface area contributed by atoms with Crippen LogP contribution in [0.1, 0.15) is 0 Å². The number of hydrogen-bond acceptors (Lipinski definition) is 5. The van der Waals surface area contributed by atoms with Crippen molar-refractivity contribution in [1.29, 1.82) is 5.26 Å². The predicted molar refractivity (Wildman–Crippen MR) is 29.7 cm³/mol. The Morgan fingerprint density at radius 1 is 1.80 bits per heavy atom. The number of ether oxygens (including phenoxy) is 1. The van der Waals surface area contributed by atoms with Crippen LogP contribution in [0.15, 0.2) is 0 Å². The van der Waals surface area contributed by atoms with Crippen LogP contribution < -0.4 is 0 Å². The summed E-state index contributed by atoms with van der Waals surface area (Å²) in [6.07, 6.45) is -1.10. The van der Waals surface area contributed by atoms with Crippen molar-refractivity contribution < 1.29 is 19.7 Å². The summed E-state index contributed by atoms with van der Waals surface area (Å²) in [6.45, 7) is -0.832. The van der Waals surface area contributed by atoms with E-state index in [1.807, 2.05) is 0 Å². The fourth-order valence-electron chi connectivity index (χ4n) is 0.257. The standard InChI is InChI=1S/C5H7NO4/c6-1-5(9)10-3-4(8)2-7/h4,7-8H,2-3H2. The molecule has 0 aliphatic carbocycles. The first-order valence-corrected chi connectivity index (χ1v) is 2.56. The lowest BCUT2D eigenvalue weighted by atomic mass is 10.4. The minimum atomic E-state index is -1.10. The zero-order valence-electron chi connectivity index (χ0n) is 5.15. The molecule has 0 rings (SSSR count). The number of nitriles is 1. The number of carbonyl (C=O) groups excluding carboxylic acids is 1. The van der Waals surface area contributed by atoms with Crippen LogP contribution >= 0.6 is 0 Å². The molecule has 0 saturated carbocycles. The molecule has 0 aliphatic heterocycles. The highest BCUT2D eigenvalue weighted by molar-refractivity contribution is 5.85. The van der Waals surface area contributed by atoms with Gasteiger partial charge in [-0.3, -0.25) is 0 Å². The number of esters is 1. The third-order valence-electron chi connectivity index (χ3n) is 0.709. The zero-order valence-corrected chi connectivity index (χ0v) is 5.15. The van der Waals surface area contributed by atoms with Crippen molar-refractivity contribution in [3.63, 3.8) is 0 Å². The number of aliphatic hydroxyl groups excluding tert-OH is 2. The second-order valence-corrected chi connectivity index (χ2v) is 1.55. The summed E-state index contributed by atoms with van der Waals surface area (Å²) in [5.41, 5.74) is 0. The Morgan fingerprint density at radius 2 is 2.40 bits per heavy atom. The fraction of sp³-hybridized carbons (Fsp3) is 0.600. The second kappa shape index (κ2) is 4.73. The van der Waals surface area contributed by atoms with E-state index in [1.54, 1.807) is 0 Å². The van der Waals surface area contributed by atoms with Gasteiger partial charge in [0.25, 0.3) is 0 Å². The number of rotatable bonds is 3. The fourth-order valence-corrected chi connectivity index (χ4v) is 0.257. The third-order valence-corrected chi connectivity index (χ3v) is 0.709. The molecule has 2 N–H and O–H groups in total. The van der Waals surface area contributed by atoms with E-state index >= 15 is 0 Å². The van der Waals surface area contributed by atoms with Crippen LogP contribution in [0, 0.1) is 11.3 Å². The van der Waals surface area contributed by atoms with E-state index in [2.05, 4.69) is 4.74 Å². The molecule has 1 unspecified atom stereocenters. The summed E-state index contributed by atoms with van der Waals surface area (Å²) in [5, 5.41) is 24.6. The largest absolute Gasteiger partial charge is 0.452 e. The Morgan fingerprint density at radius 3 is 2.80 bits per heavy atom. The summed E-state index contributed by atoms with van der Waals surface area (Å²) < 4.78 is 4.13. The Kier molecular flexibility index (Phi) is 4.20. The van der Waals surface area contributed by atoms with Gasteiger partial charge in [0.15, 0.2) is 6.07 Å². The lowest BCUT2D eigenvalue weighted by molar-refractivity contribution is -0.140. The van der Waals surface area contributed by atoms with Gasteiger partial charge in [0.2, 0.25) is 0 Å². The van der Waals surface area contributed by atoms with Crippen molar-refractivity contribution in [2.45, 2.75) is 6.10 Å². The summed E-state index contributed by atoms with van der Waals surface area (Å²) >= 11 is 0. The van der Waals surface area contributed by atoms with E-state index in [9.17, 15) is 4.79 Å². The SMILES string of the molecule is N#CC(=O)OCC(O)CO. The van der Waals surface area contributed by atoms with E-state index in [0.29, 0.717) is 0 Å². The average Bonchev–Trinajstić information content (AvgIpc) is 1.99. The molecule has 5 heteroatoms. The topological polar surface area (TPSA) is 90.6 Å². The van der Waals surface area contributed by atoms with Gasteiger partial charge in [-0.25, -0.2) is 4.79 Å². The predicted octanol–water partition coefficient (Wildman–Crippen LogP) is -1.59. The van der Waals surface area contributed by atoms with Gasteiger partial charge >= 0.3 is 5.97 Å². The van der Waals surface area contributed by atoms with E-state index in [-0.39, 0.29) is 6.61 Å². The maximum absolute atomic E-state index is 10.1. The highest BCUT2D eigenvalue weighted by atomic mass is 16.5. The molecule has 0 aliphatic rings. The quantitative estimate of drug-likeness (QED) is 0.369. The van der Waals surface area contributed by atoms with Gasteiger partial charge in [-0.05, 0) is 0 Å². The lowest BCUT2D eigenvalue weighted by Crippen LogP contribution is -2.21. The Balaban J connectivity index is 3.37. The van der Waals surface area contributed by atoms with Gasteiger partial charge in [-0.1, -0.05) is 0 Å². The minimum Gasteiger partial charge on any atom is -0.452 e. The summed E-state index contributed by atoms with van der Waals surface area (Å²) in [6, 6.07) is 1.19. The molecule has 0 heterocycles. The normalized spacial score (nSPS) is 11.7. The van der Waals surface area contributed by atoms with E-state index in [4.69, 9.17) is 15.5 Å². The first kappa shape index (κ1) is 8.88. The summed E-state index contributed by atoms with van der Waals surface area (Å²) in [7, 11) is 0. The van der Waals surface area contributed by atoms with Crippen LogP contribution in [0.2, 0.25) is 0 Å². The Hall–Kier alpha value is -1.12. The van der Waals surface area contributed by atoms with Crippen LogP contribution in [0.4, 0.5) is 0 Å². The molecule has 0 fully saturated rings. The van der Waals surface area contributed by atoms with Crippen LogP contribution in [0.5, 0.6) is 0 Å². The number of nitrogens with zero attached hydrogens (tertiary/aromatic N) is 1. The third kappa shape index (κ3) is 3.83. The molecule has 0 bridgehead atoms. The molecule has 0 spiro atoms. The Labute approximate surface area is 57.5 Å². The van der Waals surface area contributed by atoms with Crippen LogP contribution in [0.25, 0.3) is 0 Å². The monoisotopic (exact) mass is 145 g/mol. The van der Waals surface area contributed by atoms with Crippen molar-refractivity contribution in [3.8, 4) is 6.07 Å². The number of aliphatic hydroxyl groups is 2. The molecule has 5 nitrogen and oxygen atoms in total. The van der Waals surface area contributed by atoms with E-state index in [1.165, 1.54) is 6.07 Å². The van der Waals surface area contributed by atoms with Crippen LogP contribution in [0.3, 0.4) is 0 Å². The van der Waals surface area contributed by atoms with Gasteiger partial charge in [0.1, 0.15) is 12.7 Å². The van der Waals surface area contributed by atoms with Crippen molar-refractivity contribution >= 4 is 5.97 Å². The lowest BCUT2D eigenvalue weighted by Gasteiger charge is -2.03. The molecule has 0 radical (unpaired) electrons. The van der Waals surface area contributed by atoms with Crippen molar-refractivity contribution in [2.24, 2.45) is 0 Å². The second-order valence-electron chi connectivity index (χ2n) is 1.55.